The van der Waals surface area contributed by atoms with Gasteiger partial charge in [0.05, 0.1) is 0 Å². The number of rotatable bonds is 9. The number of likely N-dealkylation sites (N-methyl/N-ethyl adjacent to an activating group) is 1. The molecule has 1 N–H and O–H groups in total. The highest BCUT2D eigenvalue weighted by Crippen LogP contribution is 2.31. The summed E-state index contributed by atoms with van der Waals surface area (Å²) in [6.07, 6.45) is 1.39. The van der Waals surface area contributed by atoms with Gasteiger partial charge in [-0.05, 0) is 55.2 Å². The van der Waals surface area contributed by atoms with Crippen molar-refractivity contribution in [3.05, 3.63) is 58.6 Å². The fourth-order valence-electron chi connectivity index (χ4n) is 3.64. The Balaban J connectivity index is 1.74. The molecule has 1 aliphatic heterocycles. The third kappa shape index (κ3) is 6.14. The standard InChI is InChI=1S/C24H29ClN2O4/c1-3-20(24(29)26-4-2)27(16-18-5-9-19(25)10-6-18)23(28)12-8-17-7-11-21-22(15-17)31-14-13-30-21/h5-7,9-11,15,20H,3-4,8,12-14,16H2,1-2H3,(H,26,29)/t20-/m0/s1. The van der Waals surface area contributed by atoms with Crippen LogP contribution in [0.1, 0.15) is 37.8 Å². The summed E-state index contributed by atoms with van der Waals surface area (Å²) in [5, 5.41) is 3.49. The number of nitrogens with zero attached hydrogens (tertiary/aromatic N) is 1. The zero-order valence-electron chi connectivity index (χ0n) is 18.0. The molecule has 0 aliphatic carbocycles. The van der Waals surface area contributed by atoms with Gasteiger partial charge in [-0.1, -0.05) is 36.7 Å². The van der Waals surface area contributed by atoms with Gasteiger partial charge in [0.1, 0.15) is 19.3 Å². The Morgan fingerprint density at radius 3 is 2.39 bits per heavy atom. The number of halogens is 1. The highest BCUT2D eigenvalue weighted by atomic mass is 35.5. The van der Waals surface area contributed by atoms with E-state index in [2.05, 4.69) is 5.32 Å². The first kappa shape index (κ1) is 22.9. The Morgan fingerprint density at radius 2 is 1.71 bits per heavy atom. The van der Waals surface area contributed by atoms with Crippen molar-refractivity contribution in [1.82, 2.24) is 10.2 Å². The molecule has 166 valence electrons. The minimum Gasteiger partial charge on any atom is -0.486 e. The molecule has 0 fully saturated rings. The number of carbonyl (C=O) groups excluding carboxylic acids is 2. The number of aryl methyl sites for hydroxylation is 1. The van der Waals surface area contributed by atoms with Crippen LogP contribution in [-0.4, -0.2) is 42.5 Å². The van der Waals surface area contributed by atoms with E-state index in [0.29, 0.717) is 56.3 Å². The van der Waals surface area contributed by atoms with Crippen LogP contribution >= 0.6 is 11.6 Å². The molecule has 1 aliphatic rings. The number of carbonyl (C=O) groups is 2. The van der Waals surface area contributed by atoms with Crippen LogP contribution in [0.2, 0.25) is 5.02 Å². The molecule has 2 aromatic rings. The van der Waals surface area contributed by atoms with Crippen molar-refractivity contribution < 1.29 is 19.1 Å². The van der Waals surface area contributed by atoms with Gasteiger partial charge in [0.15, 0.2) is 11.5 Å². The van der Waals surface area contributed by atoms with E-state index in [4.69, 9.17) is 21.1 Å². The maximum atomic E-state index is 13.2. The third-order valence-electron chi connectivity index (χ3n) is 5.24. The topological polar surface area (TPSA) is 67.9 Å². The molecule has 0 radical (unpaired) electrons. The average molecular weight is 445 g/mol. The van der Waals surface area contributed by atoms with E-state index in [1.165, 1.54) is 0 Å². The molecule has 31 heavy (non-hydrogen) atoms. The van der Waals surface area contributed by atoms with E-state index in [1.54, 1.807) is 17.0 Å². The summed E-state index contributed by atoms with van der Waals surface area (Å²) in [4.78, 5) is 27.6. The maximum Gasteiger partial charge on any atom is 0.242 e. The van der Waals surface area contributed by atoms with Crippen molar-refractivity contribution >= 4 is 23.4 Å². The van der Waals surface area contributed by atoms with Gasteiger partial charge in [0.25, 0.3) is 0 Å². The third-order valence-corrected chi connectivity index (χ3v) is 5.49. The lowest BCUT2D eigenvalue weighted by Crippen LogP contribution is -2.49. The number of amides is 2. The van der Waals surface area contributed by atoms with E-state index >= 15 is 0 Å². The molecule has 6 nitrogen and oxygen atoms in total. The maximum absolute atomic E-state index is 13.2. The number of benzene rings is 2. The van der Waals surface area contributed by atoms with Crippen LogP contribution < -0.4 is 14.8 Å². The highest BCUT2D eigenvalue weighted by Gasteiger charge is 2.28. The van der Waals surface area contributed by atoms with Crippen molar-refractivity contribution in [3.8, 4) is 11.5 Å². The Labute approximate surface area is 188 Å². The Kier molecular flexibility index (Phi) is 8.18. The molecule has 0 aromatic heterocycles. The molecule has 0 unspecified atom stereocenters. The molecule has 3 rings (SSSR count). The fraction of sp³-hybridized carbons (Fsp3) is 0.417. The van der Waals surface area contributed by atoms with Crippen LogP contribution in [0.3, 0.4) is 0 Å². The van der Waals surface area contributed by atoms with Crippen molar-refractivity contribution in [2.24, 2.45) is 0 Å². The Morgan fingerprint density at radius 1 is 1.03 bits per heavy atom. The van der Waals surface area contributed by atoms with Gasteiger partial charge in [0, 0.05) is 24.5 Å². The molecule has 2 amide bonds. The normalized spacial score (nSPS) is 13.4. The van der Waals surface area contributed by atoms with Gasteiger partial charge >= 0.3 is 0 Å². The van der Waals surface area contributed by atoms with Crippen LogP contribution in [0.4, 0.5) is 0 Å². The molecule has 2 aromatic carbocycles. The van der Waals surface area contributed by atoms with Crippen LogP contribution in [0, 0.1) is 0 Å². The van der Waals surface area contributed by atoms with Gasteiger partial charge in [-0.2, -0.15) is 0 Å². The minimum absolute atomic E-state index is 0.0667. The highest BCUT2D eigenvalue weighted by molar-refractivity contribution is 6.30. The lowest BCUT2D eigenvalue weighted by atomic mass is 10.1. The molecule has 1 heterocycles. The summed E-state index contributed by atoms with van der Waals surface area (Å²) in [6.45, 7) is 5.74. The van der Waals surface area contributed by atoms with E-state index in [1.807, 2.05) is 44.2 Å². The Bertz CT molecular complexity index is 901. The summed E-state index contributed by atoms with van der Waals surface area (Å²) < 4.78 is 11.2. The predicted molar refractivity (Wildman–Crippen MR) is 121 cm³/mol. The summed E-state index contributed by atoms with van der Waals surface area (Å²) in [7, 11) is 0. The van der Waals surface area contributed by atoms with Gasteiger partial charge < -0.3 is 19.7 Å². The van der Waals surface area contributed by atoms with E-state index in [0.717, 1.165) is 16.9 Å². The van der Waals surface area contributed by atoms with Gasteiger partial charge in [-0.15, -0.1) is 0 Å². The molecule has 0 saturated carbocycles. The number of ether oxygens (including phenoxy) is 2. The van der Waals surface area contributed by atoms with Crippen LogP contribution in [0.15, 0.2) is 42.5 Å². The van der Waals surface area contributed by atoms with Crippen molar-refractivity contribution in [1.29, 1.82) is 0 Å². The largest absolute Gasteiger partial charge is 0.486 e. The van der Waals surface area contributed by atoms with Crippen LogP contribution in [0.5, 0.6) is 11.5 Å². The van der Waals surface area contributed by atoms with Crippen molar-refractivity contribution in [2.45, 2.75) is 45.7 Å². The minimum atomic E-state index is -0.525. The first-order valence-electron chi connectivity index (χ1n) is 10.7. The summed E-state index contributed by atoms with van der Waals surface area (Å²) >= 11 is 6.00. The molecular formula is C24H29ClN2O4. The quantitative estimate of drug-likeness (QED) is 0.635. The van der Waals surface area contributed by atoms with Crippen molar-refractivity contribution in [3.63, 3.8) is 0 Å². The first-order chi connectivity index (χ1) is 15.0. The lowest BCUT2D eigenvalue weighted by Gasteiger charge is -2.30. The molecule has 1 atom stereocenters. The van der Waals surface area contributed by atoms with Crippen LogP contribution in [0.25, 0.3) is 0 Å². The molecule has 0 spiro atoms. The first-order valence-corrected chi connectivity index (χ1v) is 11.1. The van der Waals surface area contributed by atoms with E-state index in [9.17, 15) is 9.59 Å². The zero-order valence-corrected chi connectivity index (χ0v) is 18.8. The SMILES string of the molecule is CCNC(=O)[C@H](CC)N(Cc1ccc(Cl)cc1)C(=O)CCc1ccc2c(c1)OCCO2. The zero-order chi connectivity index (χ0) is 22.2. The fourth-order valence-corrected chi connectivity index (χ4v) is 3.76. The van der Waals surface area contributed by atoms with Gasteiger partial charge in [-0.3, -0.25) is 9.59 Å². The van der Waals surface area contributed by atoms with E-state index in [-0.39, 0.29) is 11.8 Å². The molecule has 0 saturated heterocycles. The monoisotopic (exact) mass is 444 g/mol. The Hall–Kier alpha value is -2.73. The number of nitrogens with one attached hydrogen (secondary N) is 1. The smallest absolute Gasteiger partial charge is 0.242 e. The van der Waals surface area contributed by atoms with E-state index < -0.39 is 6.04 Å². The predicted octanol–water partition coefficient (Wildman–Crippen LogP) is 3.99. The average Bonchev–Trinajstić information content (AvgIpc) is 2.78. The second kappa shape index (κ2) is 11.0. The molecule has 7 heteroatoms. The number of hydrogen-bond donors (Lipinski definition) is 1. The van der Waals surface area contributed by atoms with Crippen LogP contribution in [-0.2, 0) is 22.6 Å². The van der Waals surface area contributed by atoms with Gasteiger partial charge in [-0.25, -0.2) is 0 Å². The lowest BCUT2D eigenvalue weighted by molar-refractivity contribution is -0.141. The van der Waals surface area contributed by atoms with Crippen molar-refractivity contribution in [2.75, 3.05) is 19.8 Å². The summed E-state index contributed by atoms with van der Waals surface area (Å²) in [6, 6.07) is 12.6. The summed E-state index contributed by atoms with van der Waals surface area (Å²) in [5.74, 6) is 1.24. The second-order valence-electron chi connectivity index (χ2n) is 7.44. The van der Waals surface area contributed by atoms with Gasteiger partial charge in [0.2, 0.25) is 11.8 Å². The number of fused-ring (bicyclic) bond motifs is 1. The number of hydrogen-bond acceptors (Lipinski definition) is 4. The second-order valence-corrected chi connectivity index (χ2v) is 7.88. The molecular weight excluding hydrogens is 416 g/mol. The molecule has 0 bridgehead atoms. The summed E-state index contributed by atoms with van der Waals surface area (Å²) in [5.41, 5.74) is 1.93.